The van der Waals surface area contributed by atoms with Crippen LogP contribution in [0.5, 0.6) is 0 Å². The molecular formula is C24H28FN7O3S2. The van der Waals surface area contributed by atoms with E-state index in [-0.39, 0.29) is 19.0 Å². The van der Waals surface area contributed by atoms with Crippen molar-refractivity contribution in [3.8, 4) is 11.3 Å². The number of aliphatic hydroxyl groups is 1. The van der Waals surface area contributed by atoms with Crippen LogP contribution in [-0.2, 0) is 16.4 Å². The van der Waals surface area contributed by atoms with E-state index in [2.05, 4.69) is 0 Å². The molecule has 1 unspecified atom stereocenters. The van der Waals surface area contributed by atoms with Gasteiger partial charge in [-0.3, -0.25) is 0 Å². The minimum atomic E-state index is -3.42. The van der Waals surface area contributed by atoms with E-state index in [9.17, 15) is 17.9 Å². The lowest BCUT2D eigenvalue weighted by atomic mass is 10.2. The third-order valence-corrected chi connectivity index (χ3v) is 8.72. The van der Waals surface area contributed by atoms with E-state index in [1.54, 1.807) is 16.6 Å². The van der Waals surface area contributed by atoms with Crippen molar-refractivity contribution in [2.24, 2.45) is 0 Å². The zero-order valence-electron chi connectivity index (χ0n) is 20.7. The van der Waals surface area contributed by atoms with Crippen molar-refractivity contribution in [1.82, 2.24) is 23.9 Å². The summed E-state index contributed by atoms with van der Waals surface area (Å²) in [7, 11) is -1.50. The highest BCUT2D eigenvalue weighted by Gasteiger charge is 2.33. The third-order valence-electron chi connectivity index (χ3n) is 6.47. The molecule has 1 aromatic carbocycles. The van der Waals surface area contributed by atoms with E-state index in [4.69, 9.17) is 15.1 Å². The second-order valence-corrected chi connectivity index (χ2v) is 11.7. The minimum Gasteiger partial charge on any atom is -0.395 e. The summed E-state index contributed by atoms with van der Waals surface area (Å²) in [6.07, 6.45) is 1.85. The summed E-state index contributed by atoms with van der Waals surface area (Å²) in [5.41, 5.74) is 3.14. The van der Waals surface area contributed by atoms with Gasteiger partial charge >= 0.3 is 0 Å². The molecule has 0 radical (unpaired) electrons. The SMILES string of the molecule is CCc1nc2ccc(N3CCN(S(C)(=O)=O)C(CO)C3)nn2c1N(C)c1nc(-c2ccc(F)cc2)cs1. The Labute approximate surface area is 218 Å². The van der Waals surface area contributed by atoms with Crippen LogP contribution in [0.15, 0.2) is 41.8 Å². The Balaban J connectivity index is 1.48. The Hall–Kier alpha value is -3.13. The highest BCUT2D eigenvalue weighted by Crippen LogP contribution is 2.34. The van der Waals surface area contributed by atoms with E-state index < -0.39 is 16.1 Å². The smallest absolute Gasteiger partial charge is 0.211 e. The lowest BCUT2D eigenvalue weighted by molar-refractivity contribution is 0.176. The lowest BCUT2D eigenvalue weighted by Crippen LogP contribution is -2.56. The summed E-state index contributed by atoms with van der Waals surface area (Å²) in [5.74, 6) is 1.16. The lowest BCUT2D eigenvalue weighted by Gasteiger charge is -2.39. The molecule has 4 aromatic rings. The van der Waals surface area contributed by atoms with Crippen LogP contribution in [0.3, 0.4) is 0 Å². The zero-order valence-corrected chi connectivity index (χ0v) is 22.4. The minimum absolute atomic E-state index is 0.270. The summed E-state index contributed by atoms with van der Waals surface area (Å²) in [4.78, 5) is 13.5. The number of aliphatic hydroxyl groups excluding tert-OH is 1. The van der Waals surface area contributed by atoms with Gasteiger partial charge in [-0.15, -0.1) is 16.4 Å². The molecule has 3 aromatic heterocycles. The van der Waals surface area contributed by atoms with Gasteiger partial charge < -0.3 is 14.9 Å². The summed E-state index contributed by atoms with van der Waals surface area (Å²) >= 11 is 1.47. The Kier molecular flexibility index (Phi) is 6.88. The number of anilines is 3. The van der Waals surface area contributed by atoms with Gasteiger partial charge in [-0.2, -0.15) is 8.82 Å². The van der Waals surface area contributed by atoms with Gasteiger partial charge in [-0.1, -0.05) is 6.92 Å². The fourth-order valence-corrected chi connectivity index (χ4v) is 6.48. The quantitative estimate of drug-likeness (QED) is 0.378. The van der Waals surface area contributed by atoms with E-state index >= 15 is 0 Å². The van der Waals surface area contributed by atoms with Crippen molar-refractivity contribution in [2.75, 3.05) is 49.3 Å². The number of piperazine rings is 1. The van der Waals surface area contributed by atoms with Crippen LogP contribution in [0, 0.1) is 5.82 Å². The average Bonchev–Trinajstić information content (AvgIpc) is 3.52. The predicted molar refractivity (Wildman–Crippen MR) is 143 cm³/mol. The number of nitrogens with zero attached hydrogens (tertiary/aromatic N) is 7. The molecule has 0 bridgehead atoms. The zero-order chi connectivity index (χ0) is 26.3. The van der Waals surface area contributed by atoms with Crippen molar-refractivity contribution in [3.05, 3.63) is 53.3 Å². The van der Waals surface area contributed by atoms with E-state index in [1.165, 1.54) is 27.8 Å². The molecular weight excluding hydrogens is 517 g/mol. The average molecular weight is 546 g/mol. The summed E-state index contributed by atoms with van der Waals surface area (Å²) in [5, 5.41) is 17.4. The molecule has 1 N–H and O–H groups in total. The number of sulfonamides is 1. The highest BCUT2D eigenvalue weighted by atomic mass is 32.2. The van der Waals surface area contributed by atoms with Crippen LogP contribution in [0.2, 0.25) is 0 Å². The molecule has 5 rings (SSSR count). The molecule has 0 aliphatic carbocycles. The van der Waals surface area contributed by atoms with Crippen molar-refractivity contribution >= 4 is 43.8 Å². The first kappa shape index (κ1) is 25.5. The standard InChI is InChI=1S/C24H28FN7O3S2/c1-4-19-23(29(2)24-27-20(15-36-24)16-5-7-17(25)8-6-16)32-21(26-19)9-10-22(28-32)30-11-12-31(37(3,34)35)18(13-30)14-33/h5-10,15,18,33H,4,11-14H2,1-3H3. The second kappa shape index (κ2) is 9.97. The number of benzene rings is 1. The van der Waals surface area contributed by atoms with Crippen molar-refractivity contribution in [1.29, 1.82) is 0 Å². The van der Waals surface area contributed by atoms with Crippen LogP contribution < -0.4 is 9.80 Å². The normalized spacial score (nSPS) is 17.0. The molecule has 1 aliphatic rings. The number of hydrogen-bond acceptors (Lipinski definition) is 9. The maximum absolute atomic E-state index is 13.3. The van der Waals surface area contributed by atoms with Gasteiger partial charge in [0.15, 0.2) is 16.6 Å². The van der Waals surface area contributed by atoms with Gasteiger partial charge in [-0.25, -0.2) is 22.8 Å². The molecule has 1 atom stereocenters. The van der Waals surface area contributed by atoms with Gasteiger partial charge in [-0.05, 0) is 42.8 Å². The maximum Gasteiger partial charge on any atom is 0.211 e. The largest absolute Gasteiger partial charge is 0.395 e. The van der Waals surface area contributed by atoms with Crippen LogP contribution in [0.25, 0.3) is 16.9 Å². The Bertz CT molecular complexity index is 1520. The number of aryl methyl sites for hydroxylation is 1. The fraction of sp³-hybridized carbons (Fsp3) is 0.375. The number of aromatic nitrogens is 4. The highest BCUT2D eigenvalue weighted by molar-refractivity contribution is 7.88. The molecule has 1 aliphatic heterocycles. The number of hydrogen-bond donors (Lipinski definition) is 1. The van der Waals surface area contributed by atoms with Gasteiger partial charge in [0, 0.05) is 37.6 Å². The molecule has 10 nitrogen and oxygen atoms in total. The van der Waals surface area contributed by atoms with Crippen LogP contribution in [0.1, 0.15) is 12.6 Å². The van der Waals surface area contributed by atoms with Gasteiger partial charge in [0.1, 0.15) is 11.6 Å². The van der Waals surface area contributed by atoms with Crippen molar-refractivity contribution in [3.63, 3.8) is 0 Å². The van der Waals surface area contributed by atoms with Crippen LogP contribution in [-0.4, -0.2) is 83.0 Å². The van der Waals surface area contributed by atoms with Gasteiger partial charge in [0.25, 0.3) is 0 Å². The second-order valence-electron chi connectivity index (χ2n) is 8.93. The third kappa shape index (κ3) is 4.91. The summed E-state index contributed by atoms with van der Waals surface area (Å²) in [6, 6.07) is 9.46. The topological polar surface area (TPSA) is 107 Å². The molecule has 0 amide bonds. The molecule has 37 heavy (non-hydrogen) atoms. The van der Waals surface area contributed by atoms with E-state index in [0.29, 0.717) is 31.0 Å². The molecule has 1 saturated heterocycles. The molecule has 4 heterocycles. The van der Waals surface area contributed by atoms with Crippen molar-refractivity contribution in [2.45, 2.75) is 19.4 Å². The van der Waals surface area contributed by atoms with Crippen LogP contribution in [0.4, 0.5) is 21.2 Å². The number of halogens is 1. The Morgan fingerprint density at radius 3 is 2.59 bits per heavy atom. The van der Waals surface area contributed by atoms with Gasteiger partial charge in [0.05, 0.1) is 30.3 Å². The first-order valence-corrected chi connectivity index (χ1v) is 14.6. The maximum atomic E-state index is 13.3. The Morgan fingerprint density at radius 1 is 1.16 bits per heavy atom. The predicted octanol–water partition coefficient (Wildman–Crippen LogP) is 2.76. The molecule has 1 fully saturated rings. The first-order valence-electron chi connectivity index (χ1n) is 11.9. The number of rotatable bonds is 7. The van der Waals surface area contributed by atoms with Crippen LogP contribution >= 0.6 is 11.3 Å². The molecule has 13 heteroatoms. The summed E-state index contributed by atoms with van der Waals surface area (Å²) < 4.78 is 40.7. The summed E-state index contributed by atoms with van der Waals surface area (Å²) in [6.45, 7) is 2.81. The van der Waals surface area contributed by atoms with E-state index in [1.807, 2.05) is 41.3 Å². The number of imidazole rings is 1. The molecule has 0 saturated carbocycles. The van der Waals surface area contributed by atoms with Gasteiger partial charge in [0.2, 0.25) is 10.0 Å². The molecule has 196 valence electrons. The first-order chi connectivity index (χ1) is 17.7. The monoisotopic (exact) mass is 545 g/mol. The Morgan fingerprint density at radius 2 is 1.92 bits per heavy atom. The number of fused-ring (bicyclic) bond motifs is 1. The molecule has 0 spiro atoms. The number of thiazole rings is 1. The van der Waals surface area contributed by atoms with Crippen molar-refractivity contribution < 1.29 is 17.9 Å². The van der Waals surface area contributed by atoms with E-state index in [0.717, 1.165) is 34.2 Å². The fourth-order valence-electron chi connectivity index (χ4n) is 4.59.